The summed E-state index contributed by atoms with van der Waals surface area (Å²) in [6.07, 6.45) is 3.85. The lowest BCUT2D eigenvalue weighted by atomic mass is 9.80. The zero-order chi connectivity index (χ0) is 42.8. The van der Waals surface area contributed by atoms with E-state index < -0.39 is 0 Å². The van der Waals surface area contributed by atoms with E-state index in [1.165, 1.54) is 59.1 Å². The molecule has 3 nitrogen and oxygen atoms in total. The average Bonchev–Trinajstić information content (AvgIpc) is 3.85. The lowest BCUT2D eigenvalue weighted by Gasteiger charge is -2.23. The molecule has 12 rings (SSSR count). The Kier molecular flexibility index (Phi) is 9.03. The predicted octanol–water partition coefficient (Wildman–Crippen LogP) is 16.2. The van der Waals surface area contributed by atoms with Crippen LogP contribution in [0.4, 0.5) is 0 Å². The Hall–Kier alpha value is -7.79. The molecule has 0 unspecified atom stereocenters. The number of hydrogen-bond acceptors (Lipinski definition) is 4. The highest BCUT2D eigenvalue weighted by atomic mass is 32.1. The highest BCUT2D eigenvalue weighted by molar-refractivity contribution is 7.25. The van der Waals surface area contributed by atoms with Gasteiger partial charge in [0.15, 0.2) is 5.82 Å². The number of rotatable bonds is 7. The van der Waals surface area contributed by atoms with Gasteiger partial charge in [-0.3, -0.25) is 4.98 Å². The maximum absolute atomic E-state index is 5.31. The molecule has 0 amide bonds. The monoisotopic (exact) mass is 835 g/mol. The van der Waals surface area contributed by atoms with E-state index >= 15 is 0 Å². The van der Waals surface area contributed by atoms with Gasteiger partial charge in [0.25, 0.3) is 0 Å². The Morgan fingerprint density at radius 1 is 0.375 bits per heavy atom. The molecule has 302 valence electrons. The largest absolute Gasteiger partial charge is 0.264 e. The number of fused-ring (bicyclic) bond motifs is 6. The molecule has 0 fully saturated rings. The summed E-state index contributed by atoms with van der Waals surface area (Å²) < 4.78 is 2.60. The van der Waals surface area contributed by atoms with Crippen LogP contribution in [0.5, 0.6) is 0 Å². The van der Waals surface area contributed by atoms with Crippen LogP contribution in [0.25, 0.3) is 110 Å². The summed E-state index contributed by atoms with van der Waals surface area (Å²) in [5, 5.41) is 2.58. The predicted molar refractivity (Wildman–Crippen MR) is 268 cm³/mol. The molecular formula is C60H41N3S. The van der Waals surface area contributed by atoms with E-state index in [1.54, 1.807) is 0 Å². The van der Waals surface area contributed by atoms with Crippen molar-refractivity contribution in [3.05, 3.63) is 224 Å². The van der Waals surface area contributed by atoms with Crippen molar-refractivity contribution in [2.45, 2.75) is 19.3 Å². The van der Waals surface area contributed by atoms with Crippen LogP contribution >= 0.6 is 11.3 Å². The second kappa shape index (κ2) is 15.2. The second-order valence-corrected chi connectivity index (χ2v) is 18.3. The Balaban J connectivity index is 1.01. The minimum absolute atomic E-state index is 0.111. The molecule has 0 spiro atoms. The molecule has 1 aliphatic rings. The SMILES string of the molecule is CC1(C)c2ccccc2-c2c1ccc(-c1ccc(-c3cc(-c4cc(-c5ccccc5)cc(-c5ccc6sc7ccccc7c6c5)c4)nc(-c4ccccc4)n3)cc1)c2-c1cccnc1. The van der Waals surface area contributed by atoms with Gasteiger partial charge >= 0.3 is 0 Å². The molecular weight excluding hydrogens is 795 g/mol. The van der Waals surface area contributed by atoms with Gasteiger partial charge in [0, 0.05) is 60.2 Å². The summed E-state index contributed by atoms with van der Waals surface area (Å²) in [6, 6.07) is 72.2. The Morgan fingerprint density at radius 3 is 1.78 bits per heavy atom. The summed E-state index contributed by atoms with van der Waals surface area (Å²) in [4.78, 5) is 15.2. The maximum atomic E-state index is 5.31. The highest BCUT2D eigenvalue weighted by Crippen LogP contribution is 2.54. The van der Waals surface area contributed by atoms with E-state index in [1.807, 2.05) is 48.0 Å². The first-order valence-electron chi connectivity index (χ1n) is 21.8. The lowest BCUT2D eigenvalue weighted by Crippen LogP contribution is -2.14. The van der Waals surface area contributed by atoms with Gasteiger partial charge in [0.2, 0.25) is 0 Å². The minimum Gasteiger partial charge on any atom is -0.264 e. The number of pyridine rings is 1. The van der Waals surface area contributed by atoms with Crippen LogP contribution < -0.4 is 0 Å². The van der Waals surface area contributed by atoms with E-state index in [4.69, 9.17) is 9.97 Å². The van der Waals surface area contributed by atoms with Gasteiger partial charge in [-0.2, -0.15) is 0 Å². The van der Waals surface area contributed by atoms with Gasteiger partial charge in [-0.25, -0.2) is 9.97 Å². The molecule has 3 aromatic heterocycles. The first kappa shape index (κ1) is 37.9. The second-order valence-electron chi connectivity index (χ2n) is 17.2. The fraction of sp³-hybridized carbons (Fsp3) is 0.0500. The van der Waals surface area contributed by atoms with Gasteiger partial charge in [0.1, 0.15) is 0 Å². The maximum Gasteiger partial charge on any atom is 0.160 e. The van der Waals surface area contributed by atoms with E-state index in [0.717, 1.165) is 55.9 Å². The van der Waals surface area contributed by atoms with E-state index in [-0.39, 0.29) is 5.41 Å². The summed E-state index contributed by atoms with van der Waals surface area (Å²) >= 11 is 1.85. The summed E-state index contributed by atoms with van der Waals surface area (Å²) in [5.41, 5.74) is 19.2. The number of thiophene rings is 1. The topological polar surface area (TPSA) is 38.7 Å². The van der Waals surface area contributed by atoms with Crippen molar-refractivity contribution in [2.24, 2.45) is 0 Å². The van der Waals surface area contributed by atoms with Crippen molar-refractivity contribution in [3.8, 4) is 89.5 Å². The summed E-state index contributed by atoms with van der Waals surface area (Å²) in [7, 11) is 0. The van der Waals surface area contributed by atoms with Gasteiger partial charge in [0.05, 0.1) is 11.4 Å². The summed E-state index contributed by atoms with van der Waals surface area (Å²) in [5.74, 6) is 0.689. The summed E-state index contributed by atoms with van der Waals surface area (Å²) in [6.45, 7) is 4.67. The van der Waals surface area contributed by atoms with E-state index in [0.29, 0.717) is 5.82 Å². The molecule has 64 heavy (non-hydrogen) atoms. The third-order valence-corrected chi connectivity index (χ3v) is 14.1. The molecule has 0 radical (unpaired) electrons. The van der Waals surface area contributed by atoms with Gasteiger partial charge in [-0.05, 0) is 110 Å². The number of aromatic nitrogens is 3. The molecule has 11 aromatic rings. The Bertz CT molecular complexity index is 3560. The fourth-order valence-corrected chi connectivity index (χ4v) is 10.9. The number of nitrogens with zero attached hydrogens (tertiary/aromatic N) is 3. The van der Waals surface area contributed by atoms with Crippen LogP contribution in [0.1, 0.15) is 25.0 Å². The molecule has 0 saturated carbocycles. The molecule has 0 N–H and O–H groups in total. The van der Waals surface area contributed by atoms with Gasteiger partial charge in [-0.1, -0.05) is 166 Å². The minimum atomic E-state index is -0.111. The zero-order valence-corrected chi connectivity index (χ0v) is 36.3. The van der Waals surface area contributed by atoms with Gasteiger partial charge < -0.3 is 0 Å². The van der Waals surface area contributed by atoms with Crippen molar-refractivity contribution >= 4 is 31.5 Å². The normalized spacial score (nSPS) is 12.7. The van der Waals surface area contributed by atoms with Crippen LogP contribution in [-0.2, 0) is 5.41 Å². The van der Waals surface area contributed by atoms with Crippen LogP contribution in [-0.4, -0.2) is 15.0 Å². The smallest absolute Gasteiger partial charge is 0.160 e. The third-order valence-electron chi connectivity index (χ3n) is 13.0. The average molecular weight is 836 g/mol. The standard InChI is InChI=1S/C60H41N3S/c1-60(2)51-21-11-9-20-49(51)58-52(60)29-28-47(57(58)43-18-13-31-61-37-43)39-23-25-40(26-24-39)53-36-54(63-59(62-53)41-16-7-4-8-17-41)46-33-44(38-14-5-3-6-15-38)32-45(34-46)42-27-30-56-50(35-42)48-19-10-12-22-55(48)64-56/h3-37H,1-2H3. The Morgan fingerprint density at radius 2 is 1.00 bits per heavy atom. The molecule has 0 aliphatic heterocycles. The quantitative estimate of drug-likeness (QED) is 0.161. The molecule has 8 aromatic carbocycles. The lowest BCUT2D eigenvalue weighted by molar-refractivity contribution is 0.660. The van der Waals surface area contributed by atoms with Crippen LogP contribution in [0.2, 0.25) is 0 Å². The first-order chi connectivity index (χ1) is 31.5. The van der Waals surface area contributed by atoms with Crippen molar-refractivity contribution < 1.29 is 0 Å². The van der Waals surface area contributed by atoms with Crippen LogP contribution in [0.3, 0.4) is 0 Å². The van der Waals surface area contributed by atoms with Crippen LogP contribution in [0.15, 0.2) is 213 Å². The molecule has 1 aliphatic carbocycles. The molecule has 0 saturated heterocycles. The van der Waals surface area contributed by atoms with E-state index in [2.05, 4.69) is 195 Å². The van der Waals surface area contributed by atoms with Crippen molar-refractivity contribution in [1.82, 2.24) is 15.0 Å². The van der Waals surface area contributed by atoms with E-state index in [9.17, 15) is 0 Å². The van der Waals surface area contributed by atoms with Crippen LogP contribution in [0, 0.1) is 0 Å². The fourth-order valence-electron chi connectivity index (χ4n) is 9.77. The molecule has 0 bridgehead atoms. The first-order valence-corrected chi connectivity index (χ1v) is 22.6. The van der Waals surface area contributed by atoms with Crippen molar-refractivity contribution in [2.75, 3.05) is 0 Å². The number of hydrogen-bond donors (Lipinski definition) is 0. The third kappa shape index (κ3) is 6.45. The van der Waals surface area contributed by atoms with Crippen molar-refractivity contribution in [3.63, 3.8) is 0 Å². The molecule has 0 atom stereocenters. The highest BCUT2D eigenvalue weighted by Gasteiger charge is 2.37. The zero-order valence-electron chi connectivity index (χ0n) is 35.5. The molecule has 3 heterocycles. The molecule has 4 heteroatoms. The number of benzene rings is 8. The Labute approximate surface area is 377 Å². The van der Waals surface area contributed by atoms with Gasteiger partial charge in [-0.15, -0.1) is 11.3 Å². The van der Waals surface area contributed by atoms with Crippen molar-refractivity contribution in [1.29, 1.82) is 0 Å².